The Hall–Kier alpha value is -1.54. The zero-order valence-electron chi connectivity index (χ0n) is 8.51. The molecule has 0 amide bonds. The Labute approximate surface area is 93.6 Å². The second kappa shape index (κ2) is 4.80. The van der Waals surface area contributed by atoms with Crippen LogP contribution in [0.2, 0.25) is 0 Å². The van der Waals surface area contributed by atoms with Crippen LogP contribution >= 0.6 is 11.3 Å². The molecule has 0 fully saturated rings. The molecule has 1 aromatic heterocycles. The Kier molecular flexibility index (Phi) is 3.20. The molecule has 0 unspecified atom stereocenters. The largest absolute Gasteiger partial charge is 0.496 e. The van der Waals surface area contributed by atoms with Crippen molar-refractivity contribution in [1.29, 1.82) is 0 Å². The van der Waals surface area contributed by atoms with E-state index in [4.69, 9.17) is 4.74 Å². The minimum atomic E-state index is 0.924. The van der Waals surface area contributed by atoms with Crippen LogP contribution in [0.5, 0.6) is 5.75 Å². The molecule has 0 aliphatic rings. The SMILES string of the molecule is COc1csc(C=Cc2ccccc2)c1. The van der Waals surface area contributed by atoms with Gasteiger partial charge in [-0.2, -0.15) is 0 Å². The van der Waals surface area contributed by atoms with E-state index in [0.29, 0.717) is 0 Å². The normalized spacial score (nSPS) is 10.7. The highest BCUT2D eigenvalue weighted by Crippen LogP contribution is 2.22. The van der Waals surface area contributed by atoms with E-state index in [1.165, 1.54) is 10.4 Å². The predicted octanol–water partition coefficient (Wildman–Crippen LogP) is 3.93. The fourth-order valence-electron chi connectivity index (χ4n) is 1.27. The minimum Gasteiger partial charge on any atom is -0.496 e. The van der Waals surface area contributed by atoms with Gasteiger partial charge >= 0.3 is 0 Å². The zero-order valence-corrected chi connectivity index (χ0v) is 9.33. The number of methoxy groups -OCH3 is 1. The van der Waals surface area contributed by atoms with Crippen molar-refractivity contribution in [2.45, 2.75) is 0 Å². The van der Waals surface area contributed by atoms with Gasteiger partial charge in [-0.05, 0) is 17.7 Å². The second-order valence-corrected chi connectivity index (χ2v) is 4.08. The van der Waals surface area contributed by atoms with Crippen LogP contribution in [-0.2, 0) is 0 Å². The van der Waals surface area contributed by atoms with Gasteiger partial charge in [0.05, 0.1) is 7.11 Å². The molecule has 76 valence electrons. The van der Waals surface area contributed by atoms with Crippen LogP contribution in [0.15, 0.2) is 41.8 Å². The fourth-order valence-corrected chi connectivity index (χ4v) is 2.02. The topological polar surface area (TPSA) is 9.23 Å². The van der Waals surface area contributed by atoms with Crippen LogP contribution in [-0.4, -0.2) is 7.11 Å². The van der Waals surface area contributed by atoms with E-state index in [-0.39, 0.29) is 0 Å². The molecule has 0 saturated heterocycles. The molecule has 0 bridgehead atoms. The third-order valence-electron chi connectivity index (χ3n) is 2.07. The Bertz CT molecular complexity index is 443. The summed E-state index contributed by atoms with van der Waals surface area (Å²) in [6, 6.07) is 12.3. The van der Waals surface area contributed by atoms with Crippen molar-refractivity contribution < 1.29 is 4.74 Å². The summed E-state index contributed by atoms with van der Waals surface area (Å²) in [6.07, 6.45) is 4.20. The van der Waals surface area contributed by atoms with E-state index >= 15 is 0 Å². The molecule has 0 aliphatic carbocycles. The number of hydrogen-bond acceptors (Lipinski definition) is 2. The number of hydrogen-bond donors (Lipinski definition) is 0. The third-order valence-corrected chi connectivity index (χ3v) is 2.95. The molecule has 2 heteroatoms. The Morgan fingerprint density at radius 3 is 2.60 bits per heavy atom. The molecule has 0 radical (unpaired) electrons. The van der Waals surface area contributed by atoms with E-state index in [2.05, 4.69) is 24.3 Å². The lowest BCUT2D eigenvalue weighted by atomic mass is 10.2. The summed E-state index contributed by atoms with van der Waals surface area (Å²) in [5.74, 6) is 0.924. The van der Waals surface area contributed by atoms with Gasteiger partial charge in [0, 0.05) is 10.3 Å². The van der Waals surface area contributed by atoms with Crippen molar-refractivity contribution in [2.75, 3.05) is 7.11 Å². The molecule has 1 nitrogen and oxygen atoms in total. The van der Waals surface area contributed by atoms with Crippen molar-refractivity contribution >= 4 is 23.5 Å². The summed E-state index contributed by atoms with van der Waals surface area (Å²) in [7, 11) is 1.69. The maximum absolute atomic E-state index is 5.12. The van der Waals surface area contributed by atoms with Gasteiger partial charge in [0.15, 0.2) is 0 Å². The smallest absolute Gasteiger partial charge is 0.130 e. The van der Waals surface area contributed by atoms with Gasteiger partial charge in [-0.25, -0.2) is 0 Å². The molecule has 0 spiro atoms. The molecule has 0 atom stereocenters. The first-order valence-electron chi connectivity index (χ1n) is 4.74. The van der Waals surface area contributed by atoms with Crippen molar-refractivity contribution in [1.82, 2.24) is 0 Å². The van der Waals surface area contributed by atoms with Gasteiger partial charge in [-0.1, -0.05) is 36.4 Å². The predicted molar refractivity (Wildman–Crippen MR) is 66.2 cm³/mol. The number of ether oxygens (including phenoxy) is 1. The molecule has 2 aromatic rings. The van der Waals surface area contributed by atoms with Crippen LogP contribution < -0.4 is 4.74 Å². The average molecular weight is 216 g/mol. The first kappa shape index (κ1) is 9.99. The summed E-state index contributed by atoms with van der Waals surface area (Å²) >= 11 is 1.68. The lowest BCUT2D eigenvalue weighted by Gasteiger charge is -1.90. The summed E-state index contributed by atoms with van der Waals surface area (Å²) in [6.45, 7) is 0. The van der Waals surface area contributed by atoms with Crippen molar-refractivity contribution in [3.63, 3.8) is 0 Å². The molecule has 0 N–H and O–H groups in total. The summed E-state index contributed by atoms with van der Waals surface area (Å²) in [5.41, 5.74) is 1.21. The first-order chi connectivity index (χ1) is 7.38. The monoisotopic (exact) mass is 216 g/mol. The van der Waals surface area contributed by atoms with E-state index in [9.17, 15) is 0 Å². The summed E-state index contributed by atoms with van der Waals surface area (Å²) < 4.78 is 5.12. The van der Waals surface area contributed by atoms with Crippen LogP contribution in [0.3, 0.4) is 0 Å². The minimum absolute atomic E-state index is 0.924. The van der Waals surface area contributed by atoms with Gasteiger partial charge in [0.1, 0.15) is 5.75 Å². The van der Waals surface area contributed by atoms with E-state index in [1.807, 2.05) is 29.6 Å². The summed E-state index contributed by atoms with van der Waals surface area (Å²) in [5, 5.41) is 2.00. The molecule has 15 heavy (non-hydrogen) atoms. The van der Waals surface area contributed by atoms with Crippen LogP contribution in [0.4, 0.5) is 0 Å². The van der Waals surface area contributed by atoms with Crippen LogP contribution in [0.25, 0.3) is 12.2 Å². The van der Waals surface area contributed by atoms with Crippen LogP contribution in [0, 0.1) is 0 Å². The van der Waals surface area contributed by atoms with Crippen LogP contribution in [0.1, 0.15) is 10.4 Å². The average Bonchev–Trinajstić information content (AvgIpc) is 2.76. The van der Waals surface area contributed by atoms with Gasteiger partial charge < -0.3 is 4.74 Å². The van der Waals surface area contributed by atoms with Gasteiger partial charge in [-0.15, -0.1) is 11.3 Å². The second-order valence-electron chi connectivity index (χ2n) is 3.13. The fraction of sp³-hybridized carbons (Fsp3) is 0.0769. The lowest BCUT2D eigenvalue weighted by molar-refractivity contribution is 0.416. The van der Waals surface area contributed by atoms with Gasteiger partial charge in [0.25, 0.3) is 0 Å². The highest BCUT2D eigenvalue weighted by atomic mass is 32.1. The van der Waals surface area contributed by atoms with E-state index in [1.54, 1.807) is 18.4 Å². The molecule has 0 saturated carbocycles. The van der Waals surface area contributed by atoms with Crippen molar-refractivity contribution in [2.24, 2.45) is 0 Å². The van der Waals surface area contributed by atoms with Crippen molar-refractivity contribution in [3.8, 4) is 5.75 Å². The highest BCUT2D eigenvalue weighted by molar-refractivity contribution is 7.11. The Balaban J connectivity index is 2.11. The first-order valence-corrected chi connectivity index (χ1v) is 5.62. The van der Waals surface area contributed by atoms with E-state index in [0.717, 1.165) is 5.75 Å². The molecule has 1 aromatic carbocycles. The zero-order chi connectivity index (χ0) is 10.5. The molecule has 2 rings (SSSR count). The van der Waals surface area contributed by atoms with Gasteiger partial charge in [-0.3, -0.25) is 0 Å². The lowest BCUT2D eigenvalue weighted by Crippen LogP contribution is -1.75. The molecule has 1 heterocycles. The summed E-state index contributed by atoms with van der Waals surface area (Å²) in [4.78, 5) is 1.20. The quantitative estimate of drug-likeness (QED) is 0.755. The Morgan fingerprint density at radius 2 is 1.93 bits per heavy atom. The Morgan fingerprint density at radius 1 is 1.13 bits per heavy atom. The maximum Gasteiger partial charge on any atom is 0.130 e. The maximum atomic E-state index is 5.12. The molecular weight excluding hydrogens is 204 g/mol. The van der Waals surface area contributed by atoms with Crippen molar-refractivity contribution in [3.05, 3.63) is 52.2 Å². The number of benzene rings is 1. The molecule has 0 aliphatic heterocycles. The number of rotatable bonds is 3. The van der Waals surface area contributed by atoms with Gasteiger partial charge in [0.2, 0.25) is 0 Å². The highest BCUT2D eigenvalue weighted by Gasteiger charge is 1.94. The standard InChI is InChI=1S/C13H12OS/c1-14-12-9-13(15-10-12)8-7-11-5-3-2-4-6-11/h2-10H,1H3. The van der Waals surface area contributed by atoms with E-state index < -0.39 is 0 Å². The number of thiophene rings is 1. The third kappa shape index (κ3) is 2.70. The molecular formula is C13H12OS.